The van der Waals surface area contributed by atoms with Crippen molar-refractivity contribution in [3.8, 4) is 0 Å². The van der Waals surface area contributed by atoms with Crippen LogP contribution in [0.5, 0.6) is 0 Å². The highest BCUT2D eigenvalue weighted by Crippen LogP contribution is 2.41. The van der Waals surface area contributed by atoms with Crippen LogP contribution in [0.15, 0.2) is 36.4 Å². The van der Waals surface area contributed by atoms with Gasteiger partial charge in [0.1, 0.15) is 5.82 Å². The van der Waals surface area contributed by atoms with Gasteiger partial charge in [-0.1, -0.05) is 24.3 Å². The van der Waals surface area contributed by atoms with Crippen LogP contribution in [0.3, 0.4) is 0 Å². The van der Waals surface area contributed by atoms with Crippen LogP contribution >= 0.6 is 0 Å². The molecule has 1 aliphatic heterocycles. The summed E-state index contributed by atoms with van der Waals surface area (Å²) in [5, 5.41) is 1.52. The first-order valence-corrected chi connectivity index (χ1v) is 6.67. The van der Waals surface area contributed by atoms with Crippen LogP contribution in [-0.4, -0.2) is 23.6 Å². The van der Waals surface area contributed by atoms with E-state index < -0.39 is 23.9 Å². The molecular weight excluding hydrogens is 300 g/mol. The zero-order valence-electron chi connectivity index (χ0n) is 11.3. The van der Waals surface area contributed by atoms with Crippen LogP contribution in [0.25, 0.3) is 10.8 Å². The average Bonchev–Trinajstić information content (AvgIpc) is 2.83. The number of benzene rings is 2. The molecule has 3 rings (SSSR count). The molecule has 116 valence electrons. The fourth-order valence-electron chi connectivity index (χ4n) is 2.74. The molecule has 22 heavy (non-hydrogen) atoms. The summed E-state index contributed by atoms with van der Waals surface area (Å²) in [5.74, 6) is -1.22. The van der Waals surface area contributed by atoms with Gasteiger partial charge in [-0.05, 0) is 28.5 Å². The number of hydrazine groups is 1. The van der Waals surface area contributed by atoms with Crippen molar-refractivity contribution < 1.29 is 22.4 Å². The van der Waals surface area contributed by atoms with E-state index >= 15 is 0 Å². The van der Waals surface area contributed by atoms with Crippen molar-refractivity contribution in [2.24, 2.45) is 0 Å². The topological polar surface area (TPSA) is 32.3 Å². The molecule has 1 saturated heterocycles. The number of hydrogen-bond donors (Lipinski definition) is 1. The fraction of sp³-hybridized carbons (Fsp3) is 0.267. The number of fused-ring (bicyclic) bond motifs is 1. The normalized spacial score (nSPS) is 17.7. The second-order valence-electron chi connectivity index (χ2n) is 5.14. The van der Waals surface area contributed by atoms with E-state index in [0.717, 1.165) is 11.1 Å². The summed E-state index contributed by atoms with van der Waals surface area (Å²) in [6.45, 7) is -0.0755. The minimum atomic E-state index is -4.64. The van der Waals surface area contributed by atoms with Crippen LogP contribution < -0.4 is 5.43 Å². The Morgan fingerprint density at radius 2 is 1.91 bits per heavy atom. The minimum absolute atomic E-state index is 0.0141. The summed E-state index contributed by atoms with van der Waals surface area (Å²) in [4.78, 5) is 11.3. The van der Waals surface area contributed by atoms with E-state index in [1.165, 1.54) is 12.1 Å². The van der Waals surface area contributed by atoms with E-state index in [4.69, 9.17) is 0 Å². The predicted molar refractivity (Wildman–Crippen MR) is 72.2 cm³/mol. The van der Waals surface area contributed by atoms with Gasteiger partial charge in [0, 0.05) is 13.0 Å². The first-order valence-electron chi connectivity index (χ1n) is 6.67. The van der Waals surface area contributed by atoms with Gasteiger partial charge in [0.05, 0.1) is 0 Å². The van der Waals surface area contributed by atoms with Crippen molar-refractivity contribution in [2.75, 3.05) is 6.54 Å². The summed E-state index contributed by atoms with van der Waals surface area (Å²) in [7, 11) is 0. The molecule has 0 aromatic heterocycles. The van der Waals surface area contributed by atoms with Gasteiger partial charge in [-0.2, -0.15) is 13.2 Å². The highest BCUT2D eigenvalue weighted by molar-refractivity contribution is 5.86. The van der Waals surface area contributed by atoms with Crippen LogP contribution in [0.1, 0.15) is 18.0 Å². The molecule has 7 heteroatoms. The molecule has 2 aromatic carbocycles. The molecule has 0 aliphatic carbocycles. The summed E-state index contributed by atoms with van der Waals surface area (Å²) >= 11 is 0. The van der Waals surface area contributed by atoms with Crippen LogP contribution in [-0.2, 0) is 4.79 Å². The third-order valence-corrected chi connectivity index (χ3v) is 3.62. The van der Waals surface area contributed by atoms with Crippen molar-refractivity contribution in [3.63, 3.8) is 0 Å². The highest BCUT2D eigenvalue weighted by Gasteiger charge is 2.47. The highest BCUT2D eigenvalue weighted by atomic mass is 19.4. The van der Waals surface area contributed by atoms with Gasteiger partial charge < -0.3 is 0 Å². The van der Waals surface area contributed by atoms with Gasteiger partial charge in [-0.3, -0.25) is 10.2 Å². The number of alkyl halides is 3. The van der Waals surface area contributed by atoms with Crippen molar-refractivity contribution in [1.29, 1.82) is 0 Å². The molecule has 0 radical (unpaired) electrons. The van der Waals surface area contributed by atoms with E-state index in [-0.39, 0.29) is 18.5 Å². The summed E-state index contributed by atoms with van der Waals surface area (Å²) < 4.78 is 54.3. The van der Waals surface area contributed by atoms with Gasteiger partial charge in [0.15, 0.2) is 6.04 Å². The zero-order valence-corrected chi connectivity index (χ0v) is 11.3. The van der Waals surface area contributed by atoms with Crippen molar-refractivity contribution in [3.05, 3.63) is 47.8 Å². The quantitative estimate of drug-likeness (QED) is 0.863. The smallest absolute Gasteiger partial charge is 0.288 e. The van der Waals surface area contributed by atoms with Gasteiger partial charge in [-0.15, -0.1) is 0 Å². The van der Waals surface area contributed by atoms with E-state index in [0.29, 0.717) is 10.8 Å². The number of carbonyl (C=O) groups is 1. The van der Waals surface area contributed by atoms with Gasteiger partial charge in [-0.25, -0.2) is 9.40 Å². The van der Waals surface area contributed by atoms with Gasteiger partial charge in [0.2, 0.25) is 5.91 Å². The Kier molecular flexibility index (Phi) is 3.52. The lowest BCUT2D eigenvalue weighted by atomic mass is 9.97. The summed E-state index contributed by atoms with van der Waals surface area (Å²) in [6.07, 6.45) is -4.66. The lowest BCUT2D eigenvalue weighted by molar-refractivity contribution is -0.190. The van der Waals surface area contributed by atoms with Crippen molar-refractivity contribution >= 4 is 16.7 Å². The predicted octanol–water partition coefficient (Wildman–Crippen LogP) is 3.32. The lowest BCUT2D eigenvalue weighted by Crippen LogP contribution is -2.43. The van der Waals surface area contributed by atoms with Crippen LogP contribution in [0, 0.1) is 5.82 Å². The molecule has 0 unspecified atom stereocenters. The maximum atomic E-state index is 13.7. The minimum Gasteiger partial charge on any atom is -0.288 e. The number of amides is 1. The third-order valence-electron chi connectivity index (χ3n) is 3.62. The number of carbonyl (C=O) groups excluding carboxylic acids is 1. The van der Waals surface area contributed by atoms with E-state index in [9.17, 15) is 22.4 Å². The molecule has 1 heterocycles. The molecule has 3 nitrogen and oxygen atoms in total. The van der Waals surface area contributed by atoms with Gasteiger partial charge in [0.25, 0.3) is 0 Å². The molecule has 1 aliphatic rings. The Morgan fingerprint density at radius 3 is 2.55 bits per heavy atom. The standard InChI is InChI=1S/C15H12F4N2O/c16-10-7-9-3-1-2-4-11(9)12(8-10)14(15(17,18)19)21-6-5-13(22)20-21/h1-4,7-8,14H,5-6H2,(H,20,22)/t14-/m0/s1. The van der Waals surface area contributed by atoms with Crippen molar-refractivity contribution in [2.45, 2.75) is 18.6 Å². The third kappa shape index (κ3) is 2.64. The zero-order chi connectivity index (χ0) is 15.9. The summed E-state index contributed by atoms with van der Waals surface area (Å²) in [6, 6.07) is 6.28. The monoisotopic (exact) mass is 312 g/mol. The second kappa shape index (κ2) is 5.24. The molecule has 1 N–H and O–H groups in total. The lowest BCUT2D eigenvalue weighted by Gasteiger charge is -2.30. The Balaban J connectivity index is 2.18. The number of halogens is 4. The molecule has 0 bridgehead atoms. The number of nitrogens with zero attached hydrogens (tertiary/aromatic N) is 1. The van der Waals surface area contributed by atoms with E-state index in [1.54, 1.807) is 18.2 Å². The van der Waals surface area contributed by atoms with E-state index in [2.05, 4.69) is 5.43 Å². The number of hydrogen-bond acceptors (Lipinski definition) is 2. The molecular formula is C15H12F4N2O. The molecule has 1 fully saturated rings. The maximum absolute atomic E-state index is 13.7. The van der Waals surface area contributed by atoms with Crippen LogP contribution in [0.2, 0.25) is 0 Å². The SMILES string of the molecule is O=C1CCN([C@@H](c2cc(F)cc3ccccc23)C(F)(F)F)N1. The Hall–Kier alpha value is -2.15. The van der Waals surface area contributed by atoms with E-state index in [1.807, 2.05) is 0 Å². The number of nitrogens with one attached hydrogen (secondary N) is 1. The number of rotatable bonds is 2. The largest absolute Gasteiger partial charge is 0.409 e. The Labute approximate surface area is 123 Å². The second-order valence-corrected chi connectivity index (χ2v) is 5.14. The van der Waals surface area contributed by atoms with Crippen molar-refractivity contribution in [1.82, 2.24) is 10.4 Å². The van der Waals surface area contributed by atoms with Gasteiger partial charge >= 0.3 is 6.18 Å². The summed E-state index contributed by atoms with van der Waals surface area (Å²) in [5.41, 5.74) is 1.99. The molecule has 2 aromatic rings. The molecule has 1 atom stereocenters. The first kappa shape index (κ1) is 14.8. The van der Waals surface area contributed by atoms with Crippen LogP contribution in [0.4, 0.5) is 17.6 Å². The maximum Gasteiger partial charge on any atom is 0.409 e. The molecule has 1 amide bonds. The Bertz CT molecular complexity index is 729. The average molecular weight is 312 g/mol. The Morgan fingerprint density at radius 1 is 1.18 bits per heavy atom. The first-order chi connectivity index (χ1) is 10.4. The molecule has 0 saturated carbocycles. The molecule has 0 spiro atoms. The fourth-order valence-corrected chi connectivity index (χ4v) is 2.74.